The van der Waals surface area contributed by atoms with E-state index in [2.05, 4.69) is 0 Å². The summed E-state index contributed by atoms with van der Waals surface area (Å²) in [6.45, 7) is 3.63. The Kier molecular flexibility index (Phi) is 5.45. The third-order valence-electron chi connectivity index (χ3n) is 2.39. The van der Waals surface area contributed by atoms with Gasteiger partial charge in [-0.05, 0) is 25.5 Å². The number of hydrogen-bond acceptors (Lipinski definition) is 5. The Morgan fingerprint density at radius 2 is 1.89 bits per heavy atom. The van der Waals surface area contributed by atoms with Crippen molar-refractivity contribution in [2.75, 3.05) is 14.2 Å². The SMILES string of the molecule is CC[C](C)OOC(=O)c1ccc(OC)cc1OC. The second kappa shape index (κ2) is 6.86. The second-order valence-electron chi connectivity index (χ2n) is 3.58. The van der Waals surface area contributed by atoms with Crippen LogP contribution in [-0.2, 0) is 9.78 Å². The van der Waals surface area contributed by atoms with Crippen LogP contribution in [0.1, 0.15) is 30.6 Å². The van der Waals surface area contributed by atoms with Gasteiger partial charge in [-0.1, -0.05) is 6.92 Å². The molecule has 1 rings (SSSR count). The van der Waals surface area contributed by atoms with Gasteiger partial charge in [-0.25, -0.2) is 4.79 Å². The molecule has 0 aliphatic rings. The lowest BCUT2D eigenvalue weighted by atomic mass is 10.2. The minimum atomic E-state index is -0.609. The van der Waals surface area contributed by atoms with E-state index < -0.39 is 5.97 Å². The Morgan fingerprint density at radius 1 is 1.17 bits per heavy atom. The van der Waals surface area contributed by atoms with Crippen LogP contribution in [0.2, 0.25) is 0 Å². The summed E-state index contributed by atoms with van der Waals surface area (Å²) in [6, 6.07) is 4.81. The highest BCUT2D eigenvalue weighted by Crippen LogP contribution is 2.25. The molecule has 5 nitrogen and oxygen atoms in total. The van der Waals surface area contributed by atoms with E-state index in [9.17, 15) is 4.79 Å². The Balaban J connectivity index is 2.78. The molecule has 18 heavy (non-hydrogen) atoms. The molecule has 1 aromatic rings. The van der Waals surface area contributed by atoms with Crippen LogP contribution in [0, 0.1) is 6.10 Å². The zero-order chi connectivity index (χ0) is 13.5. The zero-order valence-corrected chi connectivity index (χ0v) is 11.0. The summed E-state index contributed by atoms with van der Waals surface area (Å²) in [5, 5.41) is 0. The Hall–Kier alpha value is -1.75. The molecule has 0 aliphatic carbocycles. The maximum absolute atomic E-state index is 11.8. The molecule has 1 radical (unpaired) electrons. The summed E-state index contributed by atoms with van der Waals surface area (Å²) in [4.78, 5) is 21.3. The lowest BCUT2D eigenvalue weighted by molar-refractivity contribution is -0.232. The molecule has 0 amide bonds. The number of methoxy groups -OCH3 is 2. The lowest BCUT2D eigenvalue weighted by Gasteiger charge is -2.11. The van der Waals surface area contributed by atoms with E-state index in [1.807, 2.05) is 6.92 Å². The first-order chi connectivity index (χ1) is 8.62. The minimum Gasteiger partial charge on any atom is -0.497 e. The van der Waals surface area contributed by atoms with Crippen molar-refractivity contribution in [3.05, 3.63) is 29.9 Å². The van der Waals surface area contributed by atoms with Crippen LogP contribution in [-0.4, -0.2) is 20.2 Å². The standard InChI is InChI=1S/C13H17O5/c1-5-9(2)17-18-13(14)11-7-6-10(15-3)8-12(11)16-4/h6-8H,5H2,1-4H3. The molecule has 0 bridgehead atoms. The fourth-order valence-electron chi connectivity index (χ4n) is 1.18. The van der Waals surface area contributed by atoms with Crippen molar-refractivity contribution in [1.29, 1.82) is 0 Å². The lowest BCUT2D eigenvalue weighted by Crippen LogP contribution is -2.09. The number of rotatable bonds is 6. The van der Waals surface area contributed by atoms with Gasteiger partial charge in [0.2, 0.25) is 0 Å². The van der Waals surface area contributed by atoms with Gasteiger partial charge in [-0.3, -0.25) is 4.89 Å². The highest BCUT2D eigenvalue weighted by Gasteiger charge is 2.17. The topological polar surface area (TPSA) is 54.0 Å². The van der Waals surface area contributed by atoms with Crippen LogP contribution in [0.4, 0.5) is 0 Å². The van der Waals surface area contributed by atoms with Gasteiger partial charge in [0.15, 0.2) is 0 Å². The molecule has 0 saturated heterocycles. The molecule has 0 unspecified atom stereocenters. The molecule has 99 valence electrons. The molecule has 0 saturated carbocycles. The van der Waals surface area contributed by atoms with Crippen molar-refractivity contribution in [3.63, 3.8) is 0 Å². The first kappa shape index (κ1) is 14.3. The number of hydrogen-bond donors (Lipinski definition) is 0. The van der Waals surface area contributed by atoms with E-state index in [0.29, 0.717) is 24.0 Å². The molecule has 0 atom stereocenters. The van der Waals surface area contributed by atoms with E-state index in [4.69, 9.17) is 19.2 Å². The van der Waals surface area contributed by atoms with Gasteiger partial charge in [0.05, 0.1) is 14.2 Å². The van der Waals surface area contributed by atoms with E-state index >= 15 is 0 Å². The number of benzene rings is 1. The highest BCUT2D eigenvalue weighted by molar-refractivity contribution is 5.92. The quantitative estimate of drug-likeness (QED) is 0.576. The van der Waals surface area contributed by atoms with Crippen molar-refractivity contribution in [3.8, 4) is 11.5 Å². The number of carbonyl (C=O) groups is 1. The van der Waals surface area contributed by atoms with Gasteiger partial charge in [0.25, 0.3) is 0 Å². The maximum atomic E-state index is 11.8. The Labute approximate surface area is 107 Å². The van der Waals surface area contributed by atoms with Crippen molar-refractivity contribution in [2.45, 2.75) is 20.3 Å². The van der Waals surface area contributed by atoms with E-state index in [-0.39, 0.29) is 5.56 Å². The molecule has 0 aliphatic heterocycles. The normalized spacial score (nSPS) is 10.3. The predicted octanol–water partition coefficient (Wildman–Crippen LogP) is 2.75. The first-order valence-electron chi connectivity index (χ1n) is 5.55. The number of ether oxygens (including phenoxy) is 2. The summed E-state index contributed by atoms with van der Waals surface area (Å²) >= 11 is 0. The van der Waals surface area contributed by atoms with Crippen molar-refractivity contribution in [1.82, 2.24) is 0 Å². The van der Waals surface area contributed by atoms with Gasteiger partial charge < -0.3 is 9.47 Å². The van der Waals surface area contributed by atoms with E-state index in [1.54, 1.807) is 25.1 Å². The van der Waals surface area contributed by atoms with E-state index in [1.165, 1.54) is 14.2 Å². The van der Waals surface area contributed by atoms with Crippen LogP contribution >= 0.6 is 0 Å². The van der Waals surface area contributed by atoms with E-state index in [0.717, 1.165) is 0 Å². The largest absolute Gasteiger partial charge is 0.497 e. The zero-order valence-electron chi connectivity index (χ0n) is 11.0. The minimum absolute atomic E-state index is 0.280. The molecule has 0 heterocycles. The molecule has 0 aromatic heterocycles. The van der Waals surface area contributed by atoms with Crippen LogP contribution in [0.15, 0.2) is 18.2 Å². The van der Waals surface area contributed by atoms with Crippen molar-refractivity contribution >= 4 is 5.97 Å². The molecule has 0 fully saturated rings. The van der Waals surface area contributed by atoms with Gasteiger partial charge in [0.1, 0.15) is 23.2 Å². The molecule has 0 spiro atoms. The van der Waals surface area contributed by atoms with Gasteiger partial charge in [0, 0.05) is 6.07 Å². The summed E-state index contributed by atoms with van der Waals surface area (Å²) in [5.41, 5.74) is 0.280. The maximum Gasteiger partial charge on any atom is 0.376 e. The third-order valence-corrected chi connectivity index (χ3v) is 2.39. The van der Waals surface area contributed by atoms with Crippen LogP contribution in [0.3, 0.4) is 0 Å². The summed E-state index contributed by atoms with van der Waals surface area (Å²) in [7, 11) is 3.01. The van der Waals surface area contributed by atoms with Crippen molar-refractivity contribution in [2.24, 2.45) is 0 Å². The van der Waals surface area contributed by atoms with Crippen LogP contribution in [0.25, 0.3) is 0 Å². The number of carbonyl (C=O) groups excluding carboxylic acids is 1. The summed E-state index contributed by atoms with van der Waals surface area (Å²) in [5.74, 6) is 0.361. The summed E-state index contributed by atoms with van der Waals surface area (Å²) in [6.07, 6.45) is 1.29. The van der Waals surface area contributed by atoms with Gasteiger partial charge in [-0.2, -0.15) is 4.89 Å². The fourth-order valence-corrected chi connectivity index (χ4v) is 1.18. The third kappa shape index (κ3) is 3.63. The molecule has 1 aromatic carbocycles. The second-order valence-corrected chi connectivity index (χ2v) is 3.58. The Morgan fingerprint density at radius 3 is 2.44 bits per heavy atom. The average Bonchev–Trinajstić information content (AvgIpc) is 2.43. The molecule has 0 N–H and O–H groups in total. The Bertz CT molecular complexity index is 402. The van der Waals surface area contributed by atoms with Crippen LogP contribution < -0.4 is 9.47 Å². The molecular formula is C13H17O5. The fraction of sp³-hybridized carbons (Fsp3) is 0.385. The van der Waals surface area contributed by atoms with Gasteiger partial charge in [-0.15, -0.1) is 0 Å². The predicted molar refractivity (Wildman–Crippen MR) is 65.3 cm³/mol. The van der Waals surface area contributed by atoms with Crippen LogP contribution in [0.5, 0.6) is 11.5 Å². The molecule has 5 heteroatoms. The van der Waals surface area contributed by atoms with Gasteiger partial charge >= 0.3 is 5.97 Å². The smallest absolute Gasteiger partial charge is 0.376 e. The van der Waals surface area contributed by atoms with Crippen molar-refractivity contribution < 1.29 is 24.0 Å². The molecular weight excluding hydrogens is 236 g/mol. The monoisotopic (exact) mass is 253 g/mol. The first-order valence-corrected chi connectivity index (χ1v) is 5.55. The average molecular weight is 253 g/mol. The highest BCUT2D eigenvalue weighted by atomic mass is 17.2. The summed E-state index contributed by atoms with van der Waals surface area (Å²) < 4.78 is 10.1.